The molecule has 134 valence electrons. The van der Waals surface area contributed by atoms with Gasteiger partial charge in [-0.1, -0.05) is 42.5 Å². The number of hydrogen-bond donors (Lipinski definition) is 1. The van der Waals surface area contributed by atoms with Crippen molar-refractivity contribution in [3.05, 3.63) is 89.5 Å². The Hall–Kier alpha value is -3.73. The first-order valence-electron chi connectivity index (χ1n) is 8.29. The second-order valence-electron chi connectivity index (χ2n) is 5.97. The average molecular weight is 358 g/mol. The number of carbonyl (C=O) groups excluding carboxylic acids is 3. The fraction of sp³-hybridized carbons (Fsp3) is 0.0455. The number of amides is 1. The Labute approximate surface area is 156 Å². The van der Waals surface area contributed by atoms with Gasteiger partial charge in [0.15, 0.2) is 5.78 Å². The summed E-state index contributed by atoms with van der Waals surface area (Å²) in [5.74, 6) is -1.74. The van der Waals surface area contributed by atoms with Crippen molar-refractivity contribution in [2.45, 2.75) is 6.92 Å². The van der Waals surface area contributed by atoms with Gasteiger partial charge in [-0.2, -0.15) is 0 Å². The van der Waals surface area contributed by atoms with Gasteiger partial charge < -0.3 is 15.2 Å². The molecule has 0 atom stereocenters. The summed E-state index contributed by atoms with van der Waals surface area (Å²) in [5, 5.41) is 14.2. The summed E-state index contributed by atoms with van der Waals surface area (Å²) in [6.45, 7) is 1.47. The van der Waals surface area contributed by atoms with Crippen molar-refractivity contribution in [1.29, 1.82) is 0 Å². The third-order valence-corrected chi connectivity index (χ3v) is 4.16. The number of hydrogen-bond acceptors (Lipinski definition) is 4. The average Bonchev–Trinajstić information content (AvgIpc) is 2.68. The minimum Gasteiger partial charge on any atom is -0.545 e. The predicted molar refractivity (Wildman–Crippen MR) is 101 cm³/mol. The van der Waals surface area contributed by atoms with E-state index in [1.807, 2.05) is 0 Å². The van der Waals surface area contributed by atoms with Crippen LogP contribution in [0.5, 0.6) is 0 Å². The Morgan fingerprint density at radius 2 is 1.26 bits per heavy atom. The van der Waals surface area contributed by atoms with Crippen LogP contribution in [0.2, 0.25) is 0 Å². The van der Waals surface area contributed by atoms with Gasteiger partial charge >= 0.3 is 0 Å². The van der Waals surface area contributed by atoms with Crippen molar-refractivity contribution in [3.63, 3.8) is 0 Å². The van der Waals surface area contributed by atoms with E-state index in [-0.39, 0.29) is 17.3 Å². The first-order valence-corrected chi connectivity index (χ1v) is 8.29. The fourth-order valence-electron chi connectivity index (χ4n) is 2.80. The smallest absolute Gasteiger partial charge is 0.256 e. The number of aromatic carboxylic acids is 1. The van der Waals surface area contributed by atoms with Crippen molar-refractivity contribution in [2.24, 2.45) is 0 Å². The molecule has 0 aliphatic heterocycles. The highest BCUT2D eigenvalue weighted by atomic mass is 16.4. The first kappa shape index (κ1) is 18.1. The number of carbonyl (C=O) groups is 3. The number of carboxylic acids is 1. The van der Waals surface area contributed by atoms with Gasteiger partial charge in [0, 0.05) is 22.4 Å². The lowest BCUT2D eigenvalue weighted by atomic mass is 9.95. The lowest BCUT2D eigenvalue weighted by molar-refractivity contribution is -0.254. The summed E-state index contributed by atoms with van der Waals surface area (Å²) >= 11 is 0. The van der Waals surface area contributed by atoms with E-state index in [2.05, 4.69) is 5.32 Å². The molecule has 27 heavy (non-hydrogen) atoms. The van der Waals surface area contributed by atoms with E-state index < -0.39 is 5.97 Å². The second-order valence-corrected chi connectivity index (χ2v) is 5.97. The van der Waals surface area contributed by atoms with E-state index >= 15 is 0 Å². The molecule has 3 aromatic rings. The van der Waals surface area contributed by atoms with Crippen LogP contribution in [0.15, 0.2) is 72.8 Å². The van der Waals surface area contributed by atoms with Gasteiger partial charge in [-0.25, -0.2) is 0 Å². The second kappa shape index (κ2) is 7.66. The van der Waals surface area contributed by atoms with Crippen LogP contribution in [-0.2, 0) is 0 Å². The molecule has 0 heterocycles. The van der Waals surface area contributed by atoms with Crippen molar-refractivity contribution >= 4 is 23.3 Å². The zero-order valence-corrected chi connectivity index (χ0v) is 14.6. The van der Waals surface area contributed by atoms with Gasteiger partial charge in [0.05, 0.1) is 5.97 Å². The zero-order valence-electron chi connectivity index (χ0n) is 14.6. The number of anilines is 1. The van der Waals surface area contributed by atoms with Crippen LogP contribution in [0.4, 0.5) is 5.69 Å². The van der Waals surface area contributed by atoms with Gasteiger partial charge in [0.2, 0.25) is 0 Å². The predicted octanol–water partition coefficient (Wildman–Crippen LogP) is 3.17. The Morgan fingerprint density at radius 3 is 1.81 bits per heavy atom. The molecule has 0 spiro atoms. The minimum absolute atomic E-state index is 0.0172. The zero-order chi connectivity index (χ0) is 19.4. The Bertz CT molecular complexity index is 1020. The van der Waals surface area contributed by atoms with E-state index in [0.717, 1.165) is 0 Å². The summed E-state index contributed by atoms with van der Waals surface area (Å²) in [4.78, 5) is 35.5. The van der Waals surface area contributed by atoms with Gasteiger partial charge in [0.25, 0.3) is 5.91 Å². The molecule has 0 aliphatic carbocycles. The summed E-state index contributed by atoms with van der Waals surface area (Å²) in [6.07, 6.45) is 0. The van der Waals surface area contributed by atoms with E-state index in [0.29, 0.717) is 27.9 Å². The highest BCUT2D eigenvalue weighted by Gasteiger charge is 2.15. The molecule has 0 fully saturated rings. The summed E-state index contributed by atoms with van der Waals surface area (Å²) < 4.78 is 0. The largest absolute Gasteiger partial charge is 0.545 e. The number of rotatable bonds is 5. The Kier molecular flexibility index (Phi) is 5.13. The molecule has 1 amide bonds. The molecule has 1 N–H and O–H groups in total. The third-order valence-electron chi connectivity index (χ3n) is 4.16. The number of carboxylic acid groups (broad SMARTS) is 1. The van der Waals surface area contributed by atoms with Gasteiger partial charge in [-0.15, -0.1) is 0 Å². The maximum atomic E-state index is 12.8. The van der Waals surface area contributed by atoms with Gasteiger partial charge in [0.1, 0.15) is 0 Å². The SMILES string of the molecule is CC(=O)c1ccc(NC(=O)c2ccccc2-c2ccccc2C(=O)[O-])cc1. The maximum Gasteiger partial charge on any atom is 0.256 e. The maximum absolute atomic E-state index is 12.8. The highest BCUT2D eigenvalue weighted by Crippen LogP contribution is 2.27. The molecule has 0 unspecified atom stereocenters. The standard InChI is InChI=1S/C22H17NO4/c1-14(24)15-10-12-16(13-11-15)23-21(25)19-8-4-2-6-17(19)18-7-3-5-9-20(18)22(26)27/h2-13H,1H3,(H,23,25)(H,26,27)/p-1. The molecular weight excluding hydrogens is 342 g/mol. The molecule has 0 aromatic heterocycles. The van der Waals surface area contributed by atoms with E-state index in [9.17, 15) is 19.5 Å². The molecule has 0 saturated carbocycles. The number of ketones is 1. The summed E-state index contributed by atoms with van der Waals surface area (Å²) in [6, 6.07) is 19.7. The molecule has 0 radical (unpaired) electrons. The van der Waals surface area contributed by atoms with E-state index in [1.165, 1.54) is 13.0 Å². The van der Waals surface area contributed by atoms with Crippen molar-refractivity contribution in [2.75, 3.05) is 5.32 Å². The Balaban J connectivity index is 1.95. The van der Waals surface area contributed by atoms with Crippen LogP contribution in [0.3, 0.4) is 0 Å². The Morgan fingerprint density at radius 1 is 0.741 bits per heavy atom. The summed E-state index contributed by atoms with van der Waals surface area (Å²) in [5.41, 5.74) is 2.35. The van der Waals surface area contributed by atoms with Crippen molar-refractivity contribution in [1.82, 2.24) is 0 Å². The molecule has 0 saturated heterocycles. The molecule has 0 aliphatic rings. The first-order chi connectivity index (χ1) is 13.0. The number of benzene rings is 3. The molecule has 5 heteroatoms. The minimum atomic E-state index is -1.30. The van der Waals surface area contributed by atoms with E-state index in [1.54, 1.807) is 66.7 Å². The fourth-order valence-corrected chi connectivity index (χ4v) is 2.80. The molecule has 3 rings (SSSR count). The van der Waals surface area contributed by atoms with Gasteiger partial charge in [-0.05, 0) is 48.4 Å². The van der Waals surface area contributed by atoms with Gasteiger partial charge in [-0.3, -0.25) is 9.59 Å². The van der Waals surface area contributed by atoms with Crippen LogP contribution in [0.25, 0.3) is 11.1 Å². The molecule has 3 aromatic carbocycles. The van der Waals surface area contributed by atoms with Crippen LogP contribution in [0.1, 0.15) is 38.0 Å². The topological polar surface area (TPSA) is 86.3 Å². The summed E-state index contributed by atoms with van der Waals surface area (Å²) in [7, 11) is 0. The highest BCUT2D eigenvalue weighted by molar-refractivity contribution is 6.10. The number of Topliss-reactive ketones (excluding diaryl/α,β-unsaturated/α-hetero) is 1. The lowest BCUT2D eigenvalue weighted by Gasteiger charge is -2.14. The normalized spacial score (nSPS) is 10.3. The molecule has 0 bridgehead atoms. The lowest BCUT2D eigenvalue weighted by Crippen LogP contribution is -2.23. The van der Waals surface area contributed by atoms with Crippen LogP contribution in [0, 0.1) is 0 Å². The monoisotopic (exact) mass is 358 g/mol. The molecular formula is C22H16NO4-. The quantitative estimate of drug-likeness (QED) is 0.710. The van der Waals surface area contributed by atoms with Crippen molar-refractivity contribution in [3.8, 4) is 11.1 Å². The number of nitrogens with one attached hydrogen (secondary N) is 1. The van der Waals surface area contributed by atoms with Crippen LogP contribution >= 0.6 is 0 Å². The van der Waals surface area contributed by atoms with E-state index in [4.69, 9.17) is 0 Å². The molecule has 5 nitrogen and oxygen atoms in total. The van der Waals surface area contributed by atoms with Crippen LogP contribution < -0.4 is 10.4 Å². The van der Waals surface area contributed by atoms with Crippen LogP contribution in [-0.4, -0.2) is 17.7 Å². The van der Waals surface area contributed by atoms with Crippen molar-refractivity contribution < 1.29 is 19.5 Å². The third kappa shape index (κ3) is 3.93.